The zero-order valence-electron chi connectivity index (χ0n) is 20.9. The molecule has 37 heavy (non-hydrogen) atoms. The van der Waals surface area contributed by atoms with E-state index in [-0.39, 0.29) is 22.9 Å². The standard InChI is InChI=1S/C26H29F5N4O2/c1-12-23(26(12,30)31)35-11-17(19(8-20(35)36)33-22-15-9-34(4)10-16(15)22)24(37)32-13(2)14-6-5-7-18(21(14)27)25(3,28)29/h5-8,11-13,15-16,22-23,33H,9-10H2,1-4H3,(H,32,37)/t12-,13-,15-,16+,22+,23-/m1/s1. The highest BCUT2D eigenvalue weighted by atomic mass is 19.3. The van der Waals surface area contributed by atoms with E-state index in [1.165, 1.54) is 26.0 Å². The van der Waals surface area contributed by atoms with Gasteiger partial charge in [-0.2, -0.15) is 0 Å². The van der Waals surface area contributed by atoms with Crippen LogP contribution in [-0.2, 0) is 5.92 Å². The van der Waals surface area contributed by atoms with Crippen LogP contribution in [0.4, 0.5) is 27.6 Å². The number of benzene rings is 1. The molecule has 3 aliphatic rings. The highest BCUT2D eigenvalue weighted by Crippen LogP contribution is 2.58. The molecule has 0 spiro atoms. The zero-order chi connectivity index (χ0) is 27.0. The summed E-state index contributed by atoms with van der Waals surface area (Å²) in [4.78, 5) is 28.3. The second-order valence-corrected chi connectivity index (χ2v) is 10.8. The first-order valence-corrected chi connectivity index (χ1v) is 12.3. The summed E-state index contributed by atoms with van der Waals surface area (Å²) in [6.07, 6.45) is 1.12. The Morgan fingerprint density at radius 1 is 1.22 bits per heavy atom. The number of amides is 1. The predicted octanol–water partition coefficient (Wildman–Crippen LogP) is 4.39. The summed E-state index contributed by atoms with van der Waals surface area (Å²) in [5.41, 5.74) is -1.43. The Balaban J connectivity index is 1.45. The van der Waals surface area contributed by atoms with Gasteiger partial charge >= 0.3 is 0 Å². The van der Waals surface area contributed by atoms with Crippen molar-refractivity contribution in [1.29, 1.82) is 0 Å². The lowest BCUT2D eigenvalue weighted by Gasteiger charge is -2.21. The number of alkyl halides is 4. The van der Waals surface area contributed by atoms with Crippen LogP contribution in [0.1, 0.15) is 54.3 Å². The lowest BCUT2D eigenvalue weighted by atomic mass is 10.0. The highest BCUT2D eigenvalue weighted by Gasteiger charge is 2.67. The first-order chi connectivity index (χ1) is 17.2. The zero-order valence-corrected chi connectivity index (χ0v) is 20.9. The molecule has 2 aliphatic carbocycles. The molecule has 200 valence electrons. The number of likely N-dealkylation sites (tertiary alicyclic amines) is 1. The number of carbonyl (C=O) groups is 1. The number of aromatic nitrogens is 1. The number of halogens is 5. The highest BCUT2D eigenvalue weighted by molar-refractivity contribution is 5.99. The number of carbonyl (C=O) groups excluding carboxylic acids is 1. The van der Waals surface area contributed by atoms with Crippen LogP contribution in [0.15, 0.2) is 35.3 Å². The van der Waals surface area contributed by atoms with Gasteiger partial charge in [0, 0.05) is 49.8 Å². The van der Waals surface area contributed by atoms with Crippen LogP contribution in [0.25, 0.3) is 0 Å². The van der Waals surface area contributed by atoms with Crippen molar-refractivity contribution in [3.8, 4) is 0 Å². The molecule has 1 aromatic carbocycles. The fraction of sp³-hybridized carbons (Fsp3) is 0.538. The summed E-state index contributed by atoms with van der Waals surface area (Å²) < 4.78 is 71.6. The Morgan fingerprint density at radius 3 is 2.41 bits per heavy atom. The maximum atomic E-state index is 14.9. The minimum atomic E-state index is -3.42. The van der Waals surface area contributed by atoms with Crippen LogP contribution in [0, 0.1) is 23.6 Å². The minimum absolute atomic E-state index is 0.0395. The summed E-state index contributed by atoms with van der Waals surface area (Å²) in [6.45, 7) is 5.07. The van der Waals surface area contributed by atoms with Gasteiger partial charge in [-0.25, -0.2) is 22.0 Å². The number of nitrogens with zero attached hydrogens (tertiary/aromatic N) is 2. The van der Waals surface area contributed by atoms with Gasteiger partial charge in [-0.3, -0.25) is 9.59 Å². The number of anilines is 1. The summed E-state index contributed by atoms with van der Waals surface area (Å²) >= 11 is 0. The van der Waals surface area contributed by atoms with Crippen molar-refractivity contribution < 1.29 is 26.7 Å². The van der Waals surface area contributed by atoms with Crippen molar-refractivity contribution in [2.24, 2.45) is 17.8 Å². The monoisotopic (exact) mass is 524 g/mol. The van der Waals surface area contributed by atoms with Gasteiger partial charge in [0.05, 0.1) is 22.9 Å². The molecule has 5 rings (SSSR count). The molecule has 0 unspecified atom stereocenters. The van der Waals surface area contributed by atoms with Gasteiger partial charge in [-0.1, -0.05) is 25.1 Å². The van der Waals surface area contributed by atoms with E-state index in [1.807, 2.05) is 7.05 Å². The molecule has 1 aromatic heterocycles. The van der Waals surface area contributed by atoms with Crippen molar-refractivity contribution in [3.63, 3.8) is 0 Å². The Labute approximate surface area is 210 Å². The number of hydrogen-bond donors (Lipinski definition) is 2. The van der Waals surface area contributed by atoms with E-state index in [2.05, 4.69) is 15.5 Å². The van der Waals surface area contributed by atoms with Crippen molar-refractivity contribution in [2.75, 3.05) is 25.5 Å². The van der Waals surface area contributed by atoms with E-state index in [4.69, 9.17) is 0 Å². The molecule has 2 heterocycles. The SMILES string of the molecule is C[C@@H]1[C@@H](n2cc(C(=O)N[C@H](C)c3cccc(C(C)(F)F)c3F)c(N[C@H]3[C@@H]4CN(C)C[C@@H]43)cc2=O)C1(F)F. The van der Waals surface area contributed by atoms with E-state index in [0.717, 1.165) is 36.0 Å². The van der Waals surface area contributed by atoms with Gasteiger partial charge in [-0.15, -0.1) is 0 Å². The Hall–Kier alpha value is -2.95. The normalized spacial score (nSPS) is 28.9. The van der Waals surface area contributed by atoms with Gasteiger partial charge in [0.1, 0.15) is 11.9 Å². The van der Waals surface area contributed by atoms with Gasteiger partial charge in [-0.05, 0) is 25.8 Å². The molecule has 1 saturated heterocycles. The molecule has 2 N–H and O–H groups in total. The lowest BCUT2D eigenvalue weighted by molar-refractivity contribution is 0.0135. The second kappa shape index (κ2) is 8.54. The van der Waals surface area contributed by atoms with Crippen molar-refractivity contribution >= 4 is 11.6 Å². The average Bonchev–Trinajstić information content (AvgIpc) is 3.47. The summed E-state index contributed by atoms with van der Waals surface area (Å²) in [5.74, 6) is -8.73. The molecule has 0 radical (unpaired) electrons. The molecule has 3 fully saturated rings. The van der Waals surface area contributed by atoms with E-state index in [0.29, 0.717) is 18.8 Å². The molecule has 1 amide bonds. The molecule has 6 nitrogen and oxygen atoms in total. The molecular weight excluding hydrogens is 495 g/mol. The summed E-state index contributed by atoms with van der Waals surface area (Å²) in [5, 5.41) is 5.83. The third-order valence-corrected chi connectivity index (χ3v) is 8.01. The van der Waals surface area contributed by atoms with Crippen molar-refractivity contribution in [1.82, 2.24) is 14.8 Å². The van der Waals surface area contributed by atoms with E-state index >= 15 is 0 Å². The van der Waals surface area contributed by atoms with Crippen LogP contribution in [0.3, 0.4) is 0 Å². The first-order valence-electron chi connectivity index (χ1n) is 12.3. The van der Waals surface area contributed by atoms with Gasteiger partial charge in [0.2, 0.25) is 0 Å². The summed E-state index contributed by atoms with van der Waals surface area (Å²) in [7, 11) is 2.00. The number of pyridine rings is 1. The molecule has 6 atom stereocenters. The minimum Gasteiger partial charge on any atom is -0.381 e. The third kappa shape index (κ3) is 4.41. The molecule has 0 bridgehead atoms. The summed E-state index contributed by atoms with van der Waals surface area (Å²) in [6, 6.07) is 2.36. The smallest absolute Gasteiger partial charge is 0.273 e. The fourth-order valence-electron chi connectivity index (χ4n) is 5.66. The molecule has 1 aliphatic heterocycles. The van der Waals surface area contributed by atoms with Crippen LogP contribution >= 0.6 is 0 Å². The lowest BCUT2D eigenvalue weighted by Crippen LogP contribution is -2.32. The van der Waals surface area contributed by atoms with Crippen LogP contribution < -0.4 is 16.2 Å². The van der Waals surface area contributed by atoms with E-state index in [1.54, 1.807) is 0 Å². The molecule has 2 saturated carbocycles. The Kier molecular flexibility index (Phi) is 5.93. The van der Waals surface area contributed by atoms with Crippen LogP contribution in [0.5, 0.6) is 0 Å². The van der Waals surface area contributed by atoms with E-state index in [9.17, 15) is 31.5 Å². The van der Waals surface area contributed by atoms with Crippen LogP contribution in [0.2, 0.25) is 0 Å². The molecular formula is C26H29F5N4O2. The van der Waals surface area contributed by atoms with Gasteiger partial charge in [0.25, 0.3) is 23.3 Å². The maximum Gasteiger partial charge on any atom is 0.273 e. The number of rotatable bonds is 7. The van der Waals surface area contributed by atoms with E-state index < -0.39 is 52.7 Å². The quantitative estimate of drug-likeness (QED) is 0.528. The third-order valence-electron chi connectivity index (χ3n) is 8.01. The van der Waals surface area contributed by atoms with Gasteiger partial charge in [0.15, 0.2) is 0 Å². The van der Waals surface area contributed by atoms with Gasteiger partial charge < -0.3 is 20.1 Å². The number of nitrogens with one attached hydrogen (secondary N) is 2. The fourth-order valence-corrected chi connectivity index (χ4v) is 5.66. The predicted molar refractivity (Wildman–Crippen MR) is 128 cm³/mol. The van der Waals surface area contributed by atoms with Crippen molar-refractivity contribution in [3.05, 3.63) is 63.3 Å². The molecule has 11 heteroatoms. The maximum absolute atomic E-state index is 14.9. The topological polar surface area (TPSA) is 66.4 Å². The largest absolute Gasteiger partial charge is 0.381 e. The Bertz CT molecular complexity index is 1290. The number of fused-ring (bicyclic) bond motifs is 1. The average molecular weight is 525 g/mol. The first kappa shape index (κ1) is 25.7. The van der Waals surface area contributed by atoms with Crippen molar-refractivity contribution in [2.45, 2.75) is 50.7 Å². The second-order valence-electron chi connectivity index (χ2n) is 10.8. The van der Waals surface area contributed by atoms with Crippen LogP contribution in [-0.4, -0.2) is 47.5 Å². The Morgan fingerprint density at radius 2 is 1.84 bits per heavy atom. The number of hydrogen-bond acceptors (Lipinski definition) is 4. The molecule has 2 aromatic rings. The number of piperidine rings is 1.